The Hall–Kier alpha value is -2.74. The molecule has 7 nitrogen and oxygen atoms in total. The second kappa shape index (κ2) is 6.64. The maximum atomic E-state index is 12.7. The van der Waals surface area contributed by atoms with Gasteiger partial charge in [0.25, 0.3) is 5.91 Å². The first kappa shape index (κ1) is 17.1. The SMILES string of the molecule is CCOC(=O)c1sc(NC(=O)c2c(C)nc3c(C)cccn23)nc1C. The van der Waals surface area contributed by atoms with Crippen molar-refractivity contribution in [3.05, 3.63) is 45.9 Å². The molecule has 1 N–H and O–H groups in total. The number of aryl methyl sites for hydroxylation is 3. The lowest BCUT2D eigenvalue weighted by atomic mass is 10.3. The van der Waals surface area contributed by atoms with Gasteiger partial charge in [-0.15, -0.1) is 0 Å². The zero-order valence-corrected chi connectivity index (χ0v) is 15.2. The van der Waals surface area contributed by atoms with Gasteiger partial charge in [-0.25, -0.2) is 14.8 Å². The van der Waals surface area contributed by atoms with Crippen molar-refractivity contribution in [1.82, 2.24) is 14.4 Å². The van der Waals surface area contributed by atoms with Crippen LogP contribution in [0.25, 0.3) is 5.65 Å². The van der Waals surface area contributed by atoms with Crippen molar-refractivity contribution in [3.8, 4) is 0 Å². The number of rotatable bonds is 4. The van der Waals surface area contributed by atoms with Crippen molar-refractivity contribution < 1.29 is 14.3 Å². The lowest BCUT2D eigenvalue weighted by Crippen LogP contribution is -2.15. The summed E-state index contributed by atoms with van der Waals surface area (Å²) in [5.41, 5.74) is 3.34. The molecule has 130 valence electrons. The monoisotopic (exact) mass is 358 g/mol. The van der Waals surface area contributed by atoms with E-state index in [4.69, 9.17) is 4.74 Å². The lowest BCUT2D eigenvalue weighted by Gasteiger charge is -2.03. The topological polar surface area (TPSA) is 85.6 Å². The number of carbonyl (C=O) groups is 2. The Balaban J connectivity index is 1.91. The number of ether oxygens (including phenoxy) is 1. The Labute approximate surface area is 148 Å². The van der Waals surface area contributed by atoms with E-state index in [-0.39, 0.29) is 12.5 Å². The first-order valence-corrected chi connectivity index (χ1v) is 8.64. The van der Waals surface area contributed by atoms with Crippen LogP contribution in [0.4, 0.5) is 5.13 Å². The summed E-state index contributed by atoms with van der Waals surface area (Å²) < 4.78 is 6.75. The number of esters is 1. The second-order valence-corrected chi connectivity index (χ2v) is 6.54. The van der Waals surface area contributed by atoms with Crippen LogP contribution in [0.1, 0.15) is 44.0 Å². The van der Waals surface area contributed by atoms with Crippen molar-refractivity contribution >= 4 is 34.0 Å². The van der Waals surface area contributed by atoms with Crippen LogP contribution in [0, 0.1) is 20.8 Å². The summed E-state index contributed by atoms with van der Waals surface area (Å²) in [5, 5.41) is 3.11. The molecule has 0 spiro atoms. The Morgan fingerprint density at radius 2 is 2.00 bits per heavy atom. The van der Waals surface area contributed by atoms with Gasteiger partial charge in [0.05, 0.1) is 18.0 Å². The maximum absolute atomic E-state index is 12.7. The number of pyridine rings is 1. The number of carbonyl (C=O) groups excluding carboxylic acids is 2. The van der Waals surface area contributed by atoms with Gasteiger partial charge in [-0.1, -0.05) is 17.4 Å². The van der Waals surface area contributed by atoms with Gasteiger partial charge < -0.3 is 4.74 Å². The molecule has 0 unspecified atom stereocenters. The largest absolute Gasteiger partial charge is 0.462 e. The van der Waals surface area contributed by atoms with Crippen LogP contribution in [-0.2, 0) is 4.74 Å². The third kappa shape index (κ3) is 3.12. The van der Waals surface area contributed by atoms with Crippen LogP contribution in [0.15, 0.2) is 18.3 Å². The highest BCUT2D eigenvalue weighted by molar-refractivity contribution is 7.17. The minimum Gasteiger partial charge on any atom is -0.462 e. The molecule has 0 saturated carbocycles. The van der Waals surface area contributed by atoms with Gasteiger partial charge in [-0.2, -0.15) is 0 Å². The van der Waals surface area contributed by atoms with Gasteiger partial charge in [0.1, 0.15) is 16.2 Å². The third-order valence-electron chi connectivity index (χ3n) is 3.71. The van der Waals surface area contributed by atoms with Crippen molar-refractivity contribution in [2.75, 3.05) is 11.9 Å². The van der Waals surface area contributed by atoms with Crippen LogP contribution in [0.2, 0.25) is 0 Å². The molecular weight excluding hydrogens is 340 g/mol. The van der Waals surface area contributed by atoms with Gasteiger partial charge in [0.15, 0.2) is 5.13 Å². The molecule has 8 heteroatoms. The van der Waals surface area contributed by atoms with E-state index in [1.165, 1.54) is 0 Å². The number of anilines is 1. The number of aromatic nitrogens is 3. The molecule has 3 heterocycles. The molecular formula is C17H18N4O3S. The highest BCUT2D eigenvalue weighted by atomic mass is 32.1. The molecule has 0 fully saturated rings. The van der Waals surface area contributed by atoms with E-state index < -0.39 is 5.97 Å². The lowest BCUT2D eigenvalue weighted by molar-refractivity contribution is 0.0531. The highest BCUT2D eigenvalue weighted by Gasteiger charge is 2.21. The molecule has 3 aromatic rings. The Morgan fingerprint density at radius 1 is 1.24 bits per heavy atom. The van der Waals surface area contributed by atoms with Crippen LogP contribution < -0.4 is 5.32 Å². The van der Waals surface area contributed by atoms with Crippen LogP contribution in [0.3, 0.4) is 0 Å². The van der Waals surface area contributed by atoms with Gasteiger partial charge in [0.2, 0.25) is 0 Å². The van der Waals surface area contributed by atoms with E-state index in [0.717, 1.165) is 22.5 Å². The Bertz CT molecular complexity index is 974. The van der Waals surface area contributed by atoms with Crippen molar-refractivity contribution in [2.24, 2.45) is 0 Å². The Morgan fingerprint density at radius 3 is 2.72 bits per heavy atom. The normalized spacial score (nSPS) is 10.9. The summed E-state index contributed by atoms with van der Waals surface area (Å²) in [4.78, 5) is 33.7. The predicted molar refractivity (Wildman–Crippen MR) is 95.4 cm³/mol. The highest BCUT2D eigenvalue weighted by Crippen LogP contribution is 2.24. The molecule has 0 aliphatic rings. The second-order valence-electron chi connectivity index (χ2n) is 5.54. The molecule has 0 saturated heterocycles. The average Bonchev–Trinajstić information content (AvgIpc) is 3.08. The van der Waals surface area contributed by atoms with Crippen molar-refractivity contribution in [1.29, 1.82) is 0 Å². The molecule has 0 radical (unpaired) electrons. The van der Waals surface area contributed by atoms with Gasteiger partial charge in [0, 0.05) is 6.20 Å². The van der Waals surface area contributed by atoms with Crippen LogP contribution in [-0.4, -0.2) is 32.9 Å². The molecule has 0 bridgehead atoms. The van der Waals surface area contributed by atoms with E-state index >= 15 is 0 Å². The number of amides is 1. The standard InChI is InChI=1S/C17H18N4O3S/c1-5-24-16(23)13-11(4)19-17(25-13)20-15(22)12-10(3)18-14-9(2)7-6-8-21(12)14/h6-8H,5H2,1-4H3,(H,19,20,22). The van der Waals surface area contributed by atoms with Gasteiger partial charge in [-0.05, 0) is 39.3 Å². The zero-order valence-electron chi connectivity index (χ0n) is 14.4. The number of nitrogens with zero attached hydrogens (tertiary/aromatic N) is 3. The minimum absolute atomic E-state index is 0.290. The molecule has 0 aromatic carbocycles. The molecule has 25 heavy (non-hydrogen) atoms. The number of fused-ring (bicyclic) bond motifs is 1. The summed E-state index contributed by atoms with van der Waals surface area (Å²) in [6, 6.07) is 3.81. The summed E-state index contributed by atoms with van der Waals surface area (Å²) in [6.07, 6.45) is 1.80. The van der Waals surface area contributed by atoms with E-state index in [2.05, 4.69) is 15.3 Å². The maximum Gasteiger partial charge on any atom is 0.350 e. The predicted octanol–water partition coefficient (Wildman–Crippen LogP) is 3.15. The smallest absolute Gasteiger partial charge is 0.350 e. The number of hydrogen-bond donors (Lipinski definition) is 1. The molecule has 0 aliphatic carbocycles. The minimum atomic E-state index is -0.431. The summed E-state index contributed by atoms with van der Waals surface area (Å²) >= 11 is 1.10. The van der Waals surface area contributed by atoms with Gasteiger partial charge in [-0.3, -0.25) is 14.5 Å². The fourth-order valence-corrected chi connectivity index (χ4v) is 3.44. The van der Waals surface area contributed by atoms with E-state index in [0.29, 0.717) is 27.1 Å². The summed E-state index contributed by atoms with van der Waals surface area (Å²) in [7, 11) is 0. The Kier molecular flexibility index (Phi) is 4.54. The number of hydrogen-bond acceptors (Lipinski definition) is 6. The fourth-order valence-electron chi connectivity index (χ4n) is 2.58. The molecule has 0 aliphatic heterocycles. The van der Waals surface area contributed by atoms with Crippen molar-refractivity contribution in [3.63, 3.8) is 0 Å². The van der Waals surface area contributed by atoms with E-state index in [9.17, 15) is 9.59 Å². The first-order valence-electron chi connectivity index (χ1n) is 7.82. The molecule has 3 aromatic heterocycles. The molecule has 3 rings (SSSR count). The van der Waals surface area contributed by atoms with Crippen LogP contribution >= 0.6 is 11.3 Å². The fraction of sp³-hybridized carbons (Fsp3) is 0.294. The first-order chi connectivity index (χ1) is 11.9. The number of thiazole rings is 1. The summed E-state index contributed by atoms with van der Waals surface area (Å²) in [5.74, 6) is -0.751. The third-order valence-corrected chi connectivity index (χ3v) is 4.77. The quantitative estimate of drug-likeness (QED) is 0.724. The number of nitrogens with one attached hydrogen (secondary N) is 1. The number of imidazole rings is 1. The van der Waals surface area contributed by atoms with Gasteiger partial charge >= 0.3 is 5.97 Å². The summed E-state index contributed by atoms with van der Waals surface area (Å²) in [6.45, 7) is 7.48. The average molecular weight is 358 g/mol. The molecule has 1 amide bonds. The van der Waals surface area contributed by atoms with E-state index in [1.54, 1.807) is 31.4 Å². The zero-order chi connectivity index (χ0) is 18.1. The molecule has 0 atom stereocenters. The van der Waals surface area contributed by atoms with Crippen molar-refractivity contribution in [2.45, 2.75) is 27.7 Å². The van der Waals surface area contributed by atoms with Crippen LogP contribution in [0.5, 0.6) is 0 Å². The van der Waals surface area contributed by atoms with E-state index in [1.807, 2.05) is 19.1 Å².